The average molecular weight is 1520 g/mol. The molecule has 1 aliphatic rings. The van der Waals surface area contributed by atoms with Crippen LogP contribution in [-0.2, 0) is 51.6 Å². The minimum atomic E-state index is -4.76. The van der Waals surface area contributed by atoms with Gasteiger partial charge in [-0.1, -0.05) is 217 Å². The lowest BCUT2D eigenvalue weighted by atomic mass is 9.85. The number of rotatable bonds is 17. The van der Waals surface area contributed by atoms with Crippen molar-refractivity contribution in [3.05, 3.63) is 359 Å². The molecule has 4 nitrogen and oxygen atoms in total. The fraction of sp³-hybridized carbons (Fsp3) is 0.242. The first-order chi connectivity index (χ1) is 51.9. The first-order valence-corrected chi connectivity index (χ1v) is 40.3. The van der Waals surface area contributed by atoms with E-state index >= 15 is 0 Å². The summed E-state index contributed by atoms with van der Waals surface area (Å²) < 4.78 is 89.3. The van der Waals surface area contributed by atoms with Crippen LogP contribution in [0.5, 0.6) is 17.2 Å². The van der Waals surface area contributed by atoms with Gasteiger partial charge in [0.1, 0.15) is 17.2 Å². The van der Waals surface area contributed by atoms with Gasteiger partial charge >= 0.3 is 12.4 Å². The number of likely N-dealkylation sites (tertiary alicyclic amines) is 1. The van der Waals surface area contributed by atoms with Gasteiger partial charge in [-0.15, -0.1) is 0 Å². The van der Waals surface area contributed by atoms with Crippen molar-refractivity contribution >= 4 is 32.7 Å². The van der Waals surface area contributed by atoms with E-state index in [4.69, 9.17) is 14.2 Å². The van der Waals surface area contributed by atoms with Crippen LogP contribution in [0.1, 0.15) is 129 Å². The molecule has 1 heterocycles. The van der Waals surface area contributed by atoms with Crippen molar-refractivity contribution in [1.82, 2.24) is 4.90 Å². The Morgan fingerprint density at radius 2 is 0.611 bits per heavy atom. The zero-order chi connectivity index (χ0) is 77.6. The third-order valence-electron chi connectivity index (χ3n) is 17.8. The van der Waals surface area contributed by atoms with Gasteiger partial charge in [0, 0.05) is 24.7 Å². The molecular weight excluding hydrogens is 1410 g/mol. The number of aryl methyl sites for hydroxylation is 2. The summed E-state index contributed by atoms with van der Waals surface area (Å²) in [5.74, 6) is 4.41. The fourth-order valence-electron chi connectivity index (χ4n) is 12.3. The molecule has 12 aromatic carbocycles. The van der Waals surface area contributed by atoms with Crippen LogP contribution in [0, 0.1) is 20.8 Å². The van der Waals surface area contributed by atoms with Gasteiger partial charge in [0.2, 0.25) is 0 Å². The molecule has 0 amide bonds. The van der Waals surface area contributed by atoms with E-state index in [1.54, 1.807) is 21.3 Å². The summed E-state index contributed by atoms with van der Waals surface area (Å²) in [6, 6.07) is 104. The molecule has 1 aliphatic heterocycles. The van der Waals surface area contributed by atoms with Crippen LogP contribution in [0.15, 0.2) is 353 Å². The number of alkyl halides is 6. The van der Waals surface area contributed by atoms with Crippen LogP contribution in [0.2, 0.25) is 0 Å². The zero-order valence-electron chi connectivity index (χ0n) is 64.1. The third-order valence-corrected chi connectivity index (χ3v) is 24.5. The lowest BCUT2D eigenvalue weighted by molar-refractivity contribution is -0.143. The Kier molecular flexibility index (Phi) is 33.1. The molecule has 0 spiro atoms. The Balaban J connectivity index is 0.000000169. The number of methoxy groups -OCH3 is 3. The Hall–Kier alpha value is -9.37. The van der Waals surface area contributed by atoms with Gasteiger partial charge in [0.15, 0.2) is 44.1 Å². The second-order valence-corrected chi connectivity index (χ2v) is 33.1. The summed E-state index contributed by atoms with van der Waals surface area (Å²) in [5, 5.41) is 0. The number of benzene rings is 12. The van der Waals surface area contributed by atoms with Gasteiger partial charge in [-0.25, -0.2) is 0 Å². The lowest BCUT2D eigenvalue weighted by Gasteiger charge is -2.26. The molecular formula is C95H102F6NO3S3+3. The molecule has 12 aromatic rings. The van der Waals surface area contributed by atoms with Gasteiger partial charge in [-0.2, -0.15) is 26.3 Å². The number of halogens is 6. The lowest BCUT2D eigenvalue weighted by Crippen LogP contribution is -2.29. The number of ether oxygens (including phenoxy) is 3. The van der Waals surface area contributed by atoms with Gasteiger partial charge in [0.25, 0.3) is 0 Å². The highest BCUT2D eigenvalue weighted by atomic mass is 32.2. The van der Waals surface area contributed by atoms with E-state index in [1.807, 2.05) is 54.6 Å². The maximum Gasteiger partial charge on any atom is 0.416 e. The van der Waals surface area contributed by atoms with E-state index in [0.717, 1.165) is 23.8 Å². The summed E-state index contributed by atoms with van der Waals surface area (Å²) in [7, 11) is 4.72. The second-order valence-electron chi connectivity index (χ2n) is 27.0. The highest BCUT2D eigenvalue weighted by Crippen LogP contribution is 2.39. The summed E-state index contributed by atoms with van der Waals surface area (Å²) in [6.07, 6.45) is -5.42. The number of hydrogen-bond acceptors (Lipinski definition) is 4. The van der Waals surface area contributed by atoms with Crippen molar-refractivity contribution in [3.8, 4) is 17.2 Å². The molecule has 0 radical (unpaired) electrons. The van der Waals surface area contributed by atoms with Crippen molar-refractivity contribution in [2.75, 3.05) is 34.4 Å². The third kappa shape index (κ3) is 25.9. The van der Waals surface area contributed by atoms with Crippen LogP contribution >= 0.6 is 0 Å². The topological polar surface area (TPSA) is 30.9 Å². The highest BCUT2D eigenvalue weighted by Gasteiger charge is 2.37. The predicted octanol–water partition coefficient (Wildman–Crippen LogP) is 26.8. The Bertz CT molecular complexity index is 4270. The Morgan fingerprint density at radius 1 is 0.315 bits per heavy atom. The molecule has 0 aliphatic carbocycles. The van der Waals surface area contributed by atoms with Crippen LogP contribution < -0.4 is 14.2 Å². The minimum absolute atomic E-state index is 0.0146. The molecule has 1 saturated heterocycles. The van der Waals surface area contributed by atoms with Crippen molar-refractivity contribution in [2.45, 2.75) is 162 Å². The molecule has 108 heavy (non-hydrogen) atoms. The van der Waals surface area contributed by atoms with Crippen LogP contribution in [0.25, 0.3) is 0 Å². The first-order valence-electron chi connectivity index (χ1n) is 36.6. The van der Waals surface area contributed by atoms with Crippen molar-refractivity contribution < 1.29 is 40.6 Å². The average Bonchev–Trinajstić information content (AvgIpc) is 0.809. The Labute approximate surface area is 647 Å². The second kappa shape index (κ2) is 42.4. The van der Waals surface area contributed by atoms with E-state index in [0.29, 0.717) is 29.9 Å². The summed E-state index contributed by atoms with van der Waals surface area (Å²) in [5.41, 5.74) is 6.14. The van der Waals surface area contributed by atoms with E-state index in [9.17, 15) is 26.3 Å². The van der Waals surface area contributed by atoms with E-state index < -0.39 is 23.5 Å². The minimum Gasteiger partial charge on any atom is -0.497 e. The maximum atomic E-state index is 12.2. The first kappa shape index (κ1) is 84.3. The van der Waals surface area contributed by atoms with Crippen molar-refractivity contribution in [1.29, 1.82) is 0 Å². The zero-order valence-corrected chi connectivity index (χ0v) is 66.5. The summed E-state index contributed by atoms with van der Waals surface area (Å²) >= 11 is 0. The predicted molar refractivity (Wildman–Crippen MR) is 439 cm³/mol. The monoisotopic (exact) mass is 1510 g/mol. The molecule has 13 rings (SSSR count). The van der Waals surface area contributed by atoms with Gasteiger partial charge in [-0.3, -0.25) is 4.90 Å². The largest absolute Gasteiger partial charge is 0.497 e. The fourth-order valence-corrected chi connectivity index (χ4v) is 18.6. The van der Waals surface area contributed by atoms with E-state index in [-0.39, 0.29) is 44.3 Å². The van der Waals surface area contributed by atoms with Gasteiger partial charge in [-0.05, 0) is 225 Å². The summed E-state index contributed by atoms with van der Waals surface area (Å²) in [6.45, 7) is 22.8. The molecule has 0 aromatic heterocycles. The molecule has 562 valence electrons. The highest BCUT2D eigenvalue weighted by molar-refractivity contribution is 7.97. The Morgan fingerprint density at radius 3 is 0.889 bits per heavy atom. The molecule has 0 N–H and O–H groups in total. The van der Waals surface area contributed by atoms with E-state index in [1.165, 1.54) is 117 Å². The van der Waals surface area contributed by atoms with Crippen LogP contribution in [0.4, 0.5) is 26.3 Å². The molecule has 0 atom stereocenters. The van der Waals surface area contributed by atoms with Crippen molar-refractivity contribution in [3.63, 3.8) is 0 Å². The molecule has 0 bridgehead atoms. The standard InChI is InChI=1S/C24H26NS.C21H21O3S.C18H15S.C16H26.C9H6F6.C7H8/c1-4-10-22(11-5-1)26(23-12-6-2-7-13-23)24-16-14-21(15-17-24)20-25-18-8-3-9-19-25;1-22-16-7-4-10-19(13-16)25(20-11-5-8-17(14-20)23-2)21-12-6-9-18(15-21)24-3;1-4-10-16(11-5-1)19(17-12-6-2-7-13-17)18-14-8-3-9-15-18;1-10(2)14-8-15(11(3)4)13(7)16(9-14)12(5)6;1-5-2-6(8(10,11)12)4-7(3-5)9(13,14)15;1-7-5-3-2-4-6-7/h1-2,4-7,10-17H,3,8-9,18-20H2;4-15H,1-3H3;1-15H;8-12H,1-7H3;2-4H,1H3;2-6H,1H3/q3*+1;;;. The summed E-state index contributed by atoms with van der Waals surface area (Å²) in [4.78, 5) is 14.4. The van der Waals surface area contributed by atoms with Gasteiger partial charge < -0.3 is 14.2 Å². The normalized spacial score (nSPS) is 12.1. The molecule has 0 saturated carbocycles. The van der Waals surface area contributed by atoms with Crippen LogP contribution in [-0.4, -0.2) is 39.3 Å². The molecule has 13 heteroatoms. The maximum absolute atomic E-state index is 12.2. The molecule has 1 fully saturated rings. The number of hydrogen-bond donors (Lipinski definition) is 0. The van der Waals surface area contributed by atoms with Crippen LogP contribution in [0.3, 0.4) is 0 Å². The van der Waals surface area contributed by atoms with E-state index in [2.05, 4.69) is 297 Å². The SMILES string of the molecule is COc1cccc([S+](c2cccc(OC)c2)c2cccc(OC)c2)c1.Cc1c(C(C)C)cc(C(C)C)cc1C(C)C.Cc1cc(C(F)(F)F)cc(C(F)(F)F)c1.Cc1ccccc1.c1ccc([S+](c2ccccc2)c2ccc(CN3CCCCC3)cc2)cc1.c1ccc([S+](c2ccccc2)c2ccccc2)cc1. The number of piperidine rings is 1. The smallest absolute Gasteiger partial charge is 0.416 e. The quantitative estimate of drug-likeness (QED) is 0.0672. The molecule has 0 unspecified atom stereocenters. The van der Waals surface area contributed by atoms with Crippen molar-refractivity contribution in [2.24, 2.45) is 0 Å². The number of nitrogens with zero attached hydrogens (tertiary/aromatic N) is 1. The van der Waals surface area contributed by atoms with Gasteiger partial charge in [0.05, 0.1) is 65.1 Å².